The maximum atomic E-state index is 13.5. The number of nitrogens with one attached hydrogen (secondary N) is 1. The van der Waals surface area contributed by atoms with E-state index >= 15 is 0 Å². The number of rotatable bonds is 5. The van der Waals surface area contributed by atoms with Crippen molar-refractivity contribution in [3.63, 3.8) is 0 Å². The highest BCUT2D eigenvalue weighted by molar-refractivity contribution is 6.46. The molecule has 2 amide bonds. The van der Waals surface area contributed by atoms with Gasteiger partial charge in [0.2, 0.25) is 0 Å². The number of amides is 2. The Morgan fingerprint density at radius 2 is 1.55 bits per heavy atom. The average molecular weight is 433 g/mol. The molecule has 4 rings (SSSR count). The Kier molecular flexibility index (Phi) is 5.53. The quantitative estimate of drug-likeness (QED) is 0.551. The Balaban J connectivity index is 1.82. The number of anilines is 2. The second kappa shape index (κ2) is 8.28. The summed E-state index contributed by atoms with van der Waals surface area (Å²) in [4.78, 5) is 28.2. The largest absolute Gasteiger partial charge is 0.497 e. The smallest absolute Gasteiger partial charge is 0.282 e. The SMILES string of the molecule is COc1ccc(NC2=C(c3ccc(Cl)cc3)C(=O)N(c3cccc(C)c3C)C2=O)cc1. The lowest BCUT2D eigenvalue weighted by atomic mass is 10.0. The van der Waals surface area contributed by atoms with Crippen LogP contribution in [0.2, 0.25) is 5.02 Å². The molecule has 0 atom stereocenters. The molecule has 156 valence electrons. The highest BCUT2D eigenvalue weighted by Gasteiger charge is 2.40. The third-order valence-electron chi connectivity index (χ3n) is 5.39. The number of halogens is 1. The molecule has 3 aromatic rings. The fraction of sp³-hybridized carbons (Fsp3) is 0.120. The zero-order valence-electron chi connectivity index (χ0n) is 17.4. The summed E-state index contributed by atoms with van der Waals surface area (Å²) >= 11 is 6.04. The van der Waals surface area contributed by atoms with Gasteiger partial charge in [0, 0.05) is 10.7 Å². The lowest BCUT2D eigenvalue weighted by Gasteiger charge is -2.19. The number of aryl methyl sites for hydroxylation is 1. The molecule has 0 saturated carbocycles. The van der Waals surface area contributed by atoms with Crippen LogP contribution < -0.4 is 15.0 Å². The Labute approximate surface area is 185 Å². The molecule has 0 saturated heterocycles. The second-order valence-electron chi connectivity index (χ2n) is 7.28. The minimum atomic E-state index is -0.403. The summed E-state index contributed by atoms with van der Waals surface area (Å²) in [6, 6.07) is 19.6. The lowest BCUT2D eigenvalue weighted by molar-refractivity contribution is -0.120. The number of methoxy groups -OCH3 is 1. The predicted molar refractivity (Wildman–Crippen MR) is 123 cm³/mol. The molecule has 0 unspecified atom stereocenters. The summed E-state index contributed by atoms with van der Waals surface area (Å²) in [5, 5.41) is 3.70. The van der Waals surface area contributed by atoms with Crippen LogP contribution in [0.5, 0.6) is 5.75 Å². The van der Waals surface area contributed by atoms with Crippen molar-refractivity contribution in [3.05, 3.63) is 94.1 Å². The second-order valence-corrected chi connectivity index (χ2v) is 7.71. The van der Waals surface area contributed by atoms with Gasteiger partial charge in [-0.2, -0.15) is 0 Å². The Bertz CT molecular complexity index is 1200. The maximum absolute atomic E-state index is 13.5. The van der Waals surface area contributed by atoms with Gasteiger partial charge in [0.05, 0.1) is 18.4 Å². The van der Waals surface area contributed by atoms with E-state index in [1.165, 1.54) is 4.90 Å². The maximum Gasteiger partial charge on any atom is 0.282 e. The number of ether oxygens (including phenoxy) is 1. The van der Waals surface area contributed by atoms with Gasteiger partial charge in [-0.1, -0.05) is 35.9 Å². The zero-order valence-corrected chi connectivity index (χ0v) is 18.2. The molecule has 0 aliphatic carbocycles. The molecule has 1 N–H and O–H groups in total. The van der Waals surface area contributed by atoms with E-state index in [1.54, 1.807) is 61.7 Å². The number of nitrogens with zero attached hydrogens (tertiary/aromatic N) is 1. The first-order valence-corrected chi connectivity index (χ1v) is 10.1. The zero-order chi connectivity index (χ0) is 22.1. The highest BCUT2D eigenvalue weighted by Crippen LogP contribution is 2.36. The summed E-state index contributed by atoms with van der Waals surface area (Å²) in [6.07, 6.45) is 0. The van der Waals surface area contributed by atoms with Gasteiger partial charge >= 0.3 is 0 Å². The standard InChI is InChI=1S/C25H21ClN2O3/c1-15-5-4-6-21(16(15)2)28-24(29)22(17-7-9-18(26)10-8-17)23(25(28)30)27-19-11-13-20(31-3)14-12-19/h4-14,27H,1-3H3. The van der Waals surface area contributed by atoms with Crippen LogP contribution in [0.1, 0.15) is 16.7 Å². The molecule has 0 aromatic heterocycles. The van der Waals surface area contributed by atoms with E-state index in [9.17, 15) is 9.59 Å². The van der Waals surface area contributed by atoms with E-state index in [-0.39, 0.29) is 11.6 Å². The van der Waals surface area contributed by atoms with Gasteiger partial charge in [-0.25, -0.2) is 4.90 Å². The summed E-state index contributed by atoms with van der Waals surface area (Å²) in [5.41, 5.74) is 4.27. The fourth-order valence-corrected chi connectivity index (χ4v) is 3.67. The van der Waals surface area contributed by atoms with Crippen LogP contribution in [0.15, 0.2) is 72.4 Å². The van der Waals surface area contributed by atoms with Gasteiger partial charge in [0.25, 0.3) is 11.8 Å². The van der Waals surface area contributed by atoms with Crippen molar-refractivity contribution >= 4 is 40.4 Å². The van der Waals surface area contributed by atoms with Gasteiger partial charge in [0.1, 0.15) is 11.4 Å². The van der Waals surface area contributed by atoms with Crippen molar-refractivity contribution in [3.8, 4) is 5.75 Å². The summed E-state index contributed by atoms with van der Waals surface area (Å²) < 4.78 is 5.20. The number of carbonyl (C=O) groups excluding carboxylic acids is 2. The van der Waals surface area contributed by atoms with E-state index in [1.807, 2.05) is 26.0 Å². The predicted octanol–water partition coefficient (Wildman–Crippen LogP) is 5.36. The summed E-state index contributed by atoms with van der Waals surface area (Å²) in [7, 11) is 1.59. The molecular weight excluding hydrogens is 412 g/mol. The number of carbonyl (C=O) groups is 2. The van der Waals surface area contributed by atoms with Gasteiger partial charge in [-0.3, -0.25) is 9.59 Å². The molecule has 5 nitrogen and oxygen atoms in total. The molecule has 31 heavy (non-hydrogen) atoms. The van der Waals surface area contributed by atoms with Crippen molar-refractivity contribution in [2.75, 3.05) is 17.3 Å². The van der Waals surface area contributed by atoms with E-state index in [0.717, 1.165) is 11.1 Å². The summed E-state index contributed by atoms with van der Waals surface area (Å²) in [5.74, 6) is -0.0835. The van der Waals surface area contributed by atoms with E-state index < -0.39 is 5.91 Å². The fourth-order valence-electron chi connectivity index (χ4n) is 3.55. The van der Waals surface area contributed by atoms with Crippen molar-refractivity contribution in [1.82, 2.24) is 0 Å². The molecule has 3 aromatic carbocycles. The van der Waals surface area contributed by atoms with E-state index in [0.29, 0.717) is 33.3 Å². The van der Waals surface area contributed by atoms with Crippen molar-refractivity contribution in [2.45, 2.75) is 13.8 Å². The molecule has 0 spiro atoms. The normalized spacial score (nSPS) is 13.7. The monoisotopic (exact) mass is 432 g/mol. The van der Waals surface area contributed by atoms with Crippen LogP contribution >= 0.6 is 11.6 Å². The van der Waals surface area contributed by atoms with Gasteiger partial charge in [0.15, 0.2) is 0 Å². The first kappa shape index (κ1) is 20.7. The Morgan fingerprint density at radius 1 is 0.871 bits per heavy atom. The molecule has 6 heteroatoms. The first-order valence-electron chi connectivity index (χ1n) is 9.77. The Morgan fingerprint density at radius 3 is 2.19 bits per heavy atom. The van der Waals surface area contributed by atoms with Gasteiger partial charge < -0.3 is 10.1 Å². The third kappa shape index (κ3) is 3.80. The minimum Gasteiger partial charge on any atom is -0.497 e. The highest BCUT2D eigenvalue weighted by atomic mass is 35.5. The summed E-state index contributed by atoms with van der Waals surface area (Å²) in [6.45, 7) is 3.86. The molecular formula is C25H21ClN2O3. The molecule has 0 bridgehead atoms. The van der Waals surface area contributed by atoms with Crippen LogP contribution in [0, 0.1) is 13.8 Å². The van der Waals surface area contributed by atoms with E-state index in [4.69, 9.17) is 16.3 Å². The van der Waals surface area contributed by atoms with Crippen LogP contribution in [0.3, 0.4) is 0 Å². The van der Waals surface area contributed by atoms with Crippen molar-refractivity contribution in [1.29, 1.82) is 0 Å². The van der Waals surface area contributed by atoms with Crippen LogP contribution in [-0.4, -0.2) is 18.9 Å². The number of hydrogen-bond donors (Lipinski definition) is 1. The number of imide groups is 1. The molecule has 0 fully saturated rings. The van der Waals surface area contributed by atoms with E-state index in [2.05, 4.69) is 5.32 Å². The van der Waals surface area contributed by atoms with Crippen LogP contribution in [-0.2, 0) is 9.59 Å². The van der Waals surface area contributed by atoms with Crippen molar-refractivity contribution < 1.29 is 14.3 Å². The number of hydrogen-bond acceptors (Lipinski definition) is 4. The van der Waals surface area contributed by atoms with Gasteiger partial charge in [-0.05, 0) is 73.0 Å². The van der Waals surface area contributed by atoms with Crippen LogP contribution in [0.25, 0.3) is 5.57 Å². The third-order valence-corrected chi connectivity index (χ3v) is 5.65. The minimum absolute atomic E-state index is 0.221. The average Bonchev–Trinajstić information content (AvgIpc) is 3.01. The molecule has 1 heterocycles. The molecule has 0 radical (unpaired) electrons. The topological polar surface area (TPSA) is 58.6 Å². The number of benzene rings is 3. The van der Waals surface area contributed by atoms with Crippen molar-refractivity contribution in [2.24, 2.45) is 0 Å². The van der Waals surface area contributed by atoms with Crippen LogP contribution in [0.4, 0.5) is 11.4 Å². The first-order chi connectivity index (χ1) is 14.9. The molecule has 1 aliphatic heterocycles. The lowest BCUT2D eigenvalue weighted by Crippen LogP contribution is -2.33. The van der Waals surface area contributed by atoms with Gasteiger partial charge in [-0.15, -0.1) is 0 Å². The Hall–Kier alpha value is -3.57. The molecule has 1 aliphatic rings.